The Kier molecular flexibility index (Phi) is 4.85. The maximum absolute atomic E-state index is 13.6. The number of rotatable bonds is 5. The second kappa shape index (κ2) is 7.64. The van der Waals surface area contributed by atoms with Crippen molar-refractivity contribution in [1.29, 1.82) is 0 Å². The van der Waals surface area contributed by atoms with E-state index in [0.717, 1.165) is 25.7 Å². The second-order valence-electron chi connectivity index (χ2n) is 11.8. The molecule has 0 N–H and O–H groups in total. The Bertz CT molecular complexity index is 883. The van der Waals surface area contributed by atoms with E-state index >= 15 is 0 Å². The molecule has 0 aromatic carbocycles. The van der Waals surface area contributed by atoms with Crippen LogP contribution in [0.4, 0.5) is 0 Å². The summed E-state index contributed by atoms with van der Waals surface area (Å²) in [5, 5.41) is 0. The highest BCUT2D eigenvalue weighted by Crippen LogP contribution is 2.60. The molecular formula is C25H33NO8. The third-order valence-electron chi connectivity index (χ3n) is 9.81. The molecule has 10 atom stereocenters. The molecule has 3 saturated carbocycles. The first-order valence-corrected chi connectivity index (χ1v) is 13.0. The van der Waals surface area contributed by atoms with E-state index in [0.29, 0.717) is 56.8 Å². The molecule has 0 spiro atoms. The summed E-state index contributed by atoms with van der Waals surface area (Å²) in [6, 6.07) is 0. The summed E-state index contributed by atoms with van der Waals surface area (Å²) in [5.41, 5.74) is -0.525. The standard InChI is InChI=1S/C25H33NO8/c1-25(9-14-15(10-25)17-3-2-16(14)31-17)34-24(29)20-13-8-12-19(20)23(28)33-22(12)21(13)32-18(27)11-26-4-6-30-7-5-26/h12-17,19-22H,2-11H2,1H3. The number of esters is 3. The van der Waals surface area contributed by atoms with Crippen molar-refractivity contribution in [3.63, 3.8) is 0 Å². The summed E-state index contributed by atoms with van der Waals surface area (Å²) < 4.78 is 29.1. The SMILES string of the molecule is CC1(OC(=O)C2C3CC4C(OC(=O)C42)C3OC(=O)CN2CCOCC2)CC2C3CCC(O3)C2C1. The molecule has 4 saturated heterocycles. The molecule has 34 heavy (non-hydrogen) atoms. The lowest BCUT2D eigenvalue weighted by atomic mass is 9.78. The van der Waals surface area contributed by atoms with Crippen LogP contribution >= 0.6 is 0 Å². The number of hydrogen-bond donors (Lipinski definition) is 0. The van der Waals surface area contributed by atoms with Gasteiger partial charge in [0.15, 0.2) is 0 Å². The van der Waals surface area contributed by atoms with Crippen LogP contribution < -0.4 is 0 Å². The fraction of sp³-hybridized carbons (Fsp3) is 0.880. The van der Waals surface area contributed by atoms with Crippen LogP contribution in [0.1, 0.15) is 39.0 Å². The molecule has 7 fully saturated rings. The van der Waals surface area contributed by atoms with Gasteiger partial charge in [0.25, 0.3) is 0 Å². The molecular weight excluding hydrogens is 442 g/mol. The lowest BCUT2D eigenvalue weighted by Crippen LogP contribution is -2.47. The van der Waals surface area contributed by atoms with Crippen molar-refractivity contribution >= 4 is 17.9 Å². The molecule has 0 aromatic rings. The van der Waals surface area contributed by atoms with Gasteiger partial charge in [0, 0.05) is 24.9 Å². The van der Waals surface area contributed by atoms with Crippen LogP contribution in [0.15, 0.2) is 0 Å². The Labute approximate surface area is 198 Å². The van der Waals surface area contributed by atoms with E-state index < -0.39 is 29.6 Å². The Hall–Kier alpha value is -1.71. The van der Waals surface area contributed by atoms with Gasteiger partial charge < -0.3 is 23.7 Å². The van der Waals surface area contributed by atoms with Crippen molar-refractivity contribution in [2.45, 2.75) is 69.0 Å². The van der Waals surface area contributed by atoms with Crippen LogP contribution in [-0.4, -0.2) is 85.7 Å². The average Bonchev–Trinajstić information content (AvgIpc) is 3.60. The Balaban J connectivity index is 1.04. The fourth-order valence-electron chi connectivity index (χ4n) is 8.51. The van der Waals surface area contributed by atoms with E-state index in [1.165, 1.54) is 0 Å². The largest absolute Gasteiger partial charge is 0.459 e. The van der Waals surface area contributed by atoms with Gasteiger partial charge in [-0.05, 0) is 50.9 Å². The van der Waals surface area contributed by atoms with Crippen LogP contribution in [-0.2, 0) is 38.1 Å². The minimum absolute atomic E-state index is 0.0729. The molecule has 10 unspecified atom stereocenters. The van der Waals surface area contributed by atoms with Gasteiger partial charge in [0.2, 0.25) is 0 Å². The van der Waals surface area contributed by atoms with Crippen LogP contribution in [0.5, 0.6) is 0 Å². The molecule has 4 aliphatic heterocycles. The highest BCUT2D eigenvalue weighted by molar-refractivity contribution is 5.86. The lowest BCUT2D eigenvalue weighted by molar-refractivity contribution is -0.175. The van der Waals surface area contributed by atoms with E-state index in [1.807, 2.05) is 11.8 Å². The quantitative estimate of drug-likeness (QED) is 0.425. The van der Waals surface area contributed by atoms with Gasteiger partial charge in [0.1, 0.15) is 17.8 Å². The van der Waals surface area contributed by atoms with E-state index in [2.05, 4.69) is 0 Å². The molecule has 7 aliphatic rings. The van der Waals surface area contributed by atoms with Gasteiger partial charge in [-0.15, -0.1) is 0 Å². The summed E-state index contributed by atoms with van der Waals surface area (Å²) >= 11 is 0. The zero-order valence-electron chi connectivity index (χ0n) is 19.6. The maximum atomic E-state index is 13.6. The first-order chi connectivity index (χ1) is 16.4. The smallest absolute Gasteiger partial charge is 0.320 e. The molecule has 7 rings (SSSR count). The van der Waals surface area contributed by atoms with Crippen molar-refractivity contribution in [2.75, 3.05) is 32.8 Å². The average molecular weight is 476 g/mol. The summed E-state index contributed by atoms with van der Waals surface area (Å²) in [6.07, 6.45) is 4.12. The predicted molar refractivity (Wildman–Crippen MR) is 114 cm³/mol. The van der Waals surface area contributed by atoms with Gasteiger partial charge in [-0.25, -0.2) is 0 Å². The van der Waals surface area contributed by atoms with E-state index in [-0.39, 0.29) is 36.3 Å². The summed E-state index contributed by atoms with van der Waals surface area (Å²) in [7, 11) is 0. The molecule has 9 nitrogen and oxygen atoms in total. The maximum Gasteiger partial charge on any atom is 0.320 e. The number of hydrogen-bond acceptors (Lipinski definition) is 9. The Morgan fingerprint density at radius 1 is 1.06 bits per heavy atom. The second-order valence-corrected chi connectivity index (χ2v) is 11.8. The van der Waals surface area contributed by atoms with Crippen LogP contribution in [0.25, 0.3) is 0 Å². The monoisotopic (exact) mass is 475 g/mol. The van der Waals surface area contributed by atoms with Crippen LogP contribution in [0, 0.1) is 35.5 Å². The molecule has 0 aromatic heterocycles. The number of carbonyl (C=O) groups is 3. The predicted octanol–water partition coefficient (Wildman–Crippen LogP) is 0.927. The van der Waals surface area contributed by atoms with E-state index in [4.69, 9.17) is 23.7 Å². The van der Waals surface area contributed by atoms with Gasteiger partial charge in [-0.3, -0.25) is 19.3 Å². The third kappa shape index (κ3) is 3.19. The van der Waals surface area contributed by atoms with E-state index in [1.54, 1.807) is 0 Å². The highest BCUT2D eigenvalue weighted by Gasteiger charge is 2.70. The Morgan fingerprint density at radius 3 is 2.47 bits per heavy atom. The molecule has 9 heteroatoms. The van der Waals surface area contributed by atoms with E-state index in [9.17, 15) is 14.4 Å². The Morgan fingerprint density at radius 2 is 1.76 bits per heavy atom. The molecule has 4 bridgehead atoms. The summed E-state index contributed by atoms with van der Waals surface area (Å²) in [4.78, 5) is 41.0. The minimum Gasteiger partial charge on any atom is -0.459 e. The first kappa shape index (κ1) is 21.6. The van der Waals surface area contributed by atoms with Gasteiger partial charge in [-0.1, -0.05) is 0 Å². The normalized spacial score (nSPS) is 50.4. The molecule has 186 valence electrons. The van der Waals surface area contributed by atoms with Crippen molar-refractivity contribution in [1.82, 2.24) is 4.90 Å². The minimum atomic E-state index is -0.595. The van der Waals surface area contributed by atoms with Crippen molar-refractivity contribution in [2.24, 2.45) is 35.5 Å². The molecule has 0 amide bonds. The number of ether oxygens (including phenoxy) is 5. The number of fused-ring (bicyclic) bond motifs is 6. The lowest BCUT2D eigenvalue weighted by Gasteiger charge is -2.34. The third-order valence-corrected chi connectivity index (χ3v) is 9.81. The van der Waals surface area contributed by atoms with Crippen molar-refractivity contribution in [3.8, 4) is 0 Å². The molecule has 3 aliphatic carbocycles. The number of nitrogens with zero attached hydrogens (tertiary/aromatic N) is 1. The number of morpholine rings is 1. The summed E-state index contributed by atoms with van der Waals surface area (Å²) in [5.74, 6) is -1.43. The summed E-state index contributed by atoms with van der Waals surface area (Å²) in [6.45, 7) is 4.80. The van der Waals surface area contributed by atoms with Crippen LogP contribution in [0.3, 0.4) is 0 Å². The van der Waals surface area contributed by atoms with Gasteiger partial charge >= 0.3 is 17.9 Å². The van der Waals surface area contributed by atoms with Gasteiger partial charge in [0.05, 0.1) is 43.8 Å². The fourth-order valence-corrected chi connectivity index (χ4v) is 8.51. The molecule has 4 heterocycles. The van der Waals surface area contributed by atoms with Crippen molar-refractivity contribution in [3.05, 3.63) is 0 Å². The van der Waals surface area contributed by atoms with Gasteiger partial charge in [-0.2, -0.15) is 0 Å². The molecule has 0 radical (unpaired) electrons. The zero-order valence-corrected chi connectivity index (χ0v) is 19.6. The number of carbonyl (C=O) groups excluding carboxylic acids is 3. The highest BCUT2D eigenvalue weighted by atomic mass is 16.6. The van der Waals surface area contributed by atoms with Crippen LogP contribution in [0.2, 0.25) is 0 Å². The van der Waals surface area contributed by atoms with Crippen molar-refractivity contribution < 1.29 is 38.1 Å². The first-order valence-electron chi connectivity index (χ1n) is 13.0. The topological polar surface area (TPSA) is 101 Å². The zero-order chi connectivity index (χ0) is 23.2.